The van der Waals surface area contributed by atoms with Crippen molar-refractivity contribution < 1.29 is 8.42 Å². The van der Waals surface area contributed by atoms with Crippen LogP contribution >= 0.6 is 23.2 Å². The van der Waals surface area contributed by atoms with Gasteiger partial charge in [-0.05, 0) is 36.1 Å². The van der Waals surface area contributed by atoms with Crippen LogP contribution < -0.4 is 10.0 Å². The van der Waals surface area contributed by atoms with Crippen molar-refractivity contribution in [2.75, 3.05) is 6.54 Å². The predicted octanol–water partition coefficient (Wildman–Crippen LogP) is 3.18. The second-order valence-corrected chi connectivity index (χ2v) is 8.52. The van der Waals surface area contributed by atoms with Crippen molar-refractivity contribution in [2.45, 2.75) is 44.7 Å². The quantitative estimate of drug-likeness (QED) is 0.828. The van der Waals surface area contributed by atoms with Gasteiger partial charge >= 0.3 is 0 Å². The maximum Gasteiger partial charge on any atom is 0.242 e. The highest BCUT2D eigenvalue weighted by molar-refractivity contribution is 7.89. The molecule has 2 N–H and O–H groups in total. The summed E-state index contributed by atoms with van der Waals surface area (Å²) in [6, 6.07) is 3.00. The first-order chi connectivity index (χ1) is 9.67. The molecular formula is C14H20Cl2N2O2S. The number of nitrogens with one attached hydrogen (secondary N) is 2. The molecule has 1 aliphatic carbocycles. The molecule has 0 spiro atoms. The van der Waals surface area contributed by atoms with E-state index in [-0.39, 0.29) is 21.4 Å². The van der Waals surface area contributed by atoms with E-state index in [1.165, 1.54) is 6.07 Å². The van der Waals surface area contributed by atoms with E-state index in [1.54, 1.807) is 6.07 Å². The van der Waals surface area contributed by atoms with Crippen LogP contribution in [0, 0.1) is 5.41 Å². The number of rotatable bonds is 6. The van der Waals surface area contributed by atoms with Gasteiger partial charge in [-0.25, -0.2) is 13.1 Å². The van der Waals surface area contributed by atoms with Crippen LogP contribution in [0.3, 0.4) is 0 Å². The number of halogens is 2. The molecule has 1 aromatic carbocycles. The third kappa shape index (κ3) is 3.90. The van der Waals surface area contributed by atoms with Gasteiger partial charge in [-0.15, -0.1) is 0 Å². The Hall–Kier alpha value is -0.330. The summed E-state index contributed by atoms with van der Waals surface area (Å²) >= 11 is 12.2. The molecule has 1 atom stereocenters. The van der Waals surface area contributed by atoms with Crippen LogP contribution in [0.1, 0.15) is 32.8 Å². The van der Waals surface area contributed by atoms with E-state index >= 15 is 0 Å². The molecule has 1 aliphatic rings. The minimum atomic E-state index is -3.63. The first-order valence-electron chi connectivity index (χ1n) is 6.88. The fraction of sp³-hybridized carbons (Fsp3) is 0.571. The average molecular weight is 351 g/mol. The van der Waals surface area contributed by atoms with Crippen molar-refractivity contribution in [2.24, 2.45) is 5.41 Å². The molecule has 21 heavy (non-hydrogen) atoms. The van der Waals surface area contributed by atoms with Crippen LogP contribution in [0.15, 0.2) is 17.0 Å². The van der Waals surface area contributed by atoms with E-state index in [9.17, 15) is 8.42 Å². The normalized spacial score (nSPS) is 20.5. The molecule has 4 nitrogen and oxygen atoms in total. The van der Waals surface area contributed by atoms with Crippen molar-refractivity contribution >= 4 is 33.2 Å². The molecule has 7 heteroatoms. The molecule has 1 unspecified atom stereocenters. The highest BCUT2D eigenvalue weighted by atomic mass is 35.5. The molecule has 0 aliphatic heterocycles. The first kappa shape index (κ1) is 17.0. The zero-order chi connectivity index (χ0) is 15.8. The molecule has 0 aromatic heterocycles. The summed E-state index contributed by atoms with van der Waals surface area (Å²) < 4.78 is 27.6. The number of benzene rings is 1. The Morgan fingerprint density at radius 1 is 1.29 bits per heavy atom. The summed E-state index contributed by atoms with van der Waals surface area (Å²) in [6.45, 7) is 7.30. The summed E-state index contributed by atoms with van der Waals surface area (Å²) in [5.74, 6) is 0. The third-order valence-corrected chi connectivity index (χ3v) is 6.05. The van der Waals surface area contributed by atoms with E-state index in [0.717, 1.165) is 18.5 Å². The molecule has 1 fully saturated rings. The fourth-order valence-electron chi connectivity index (χ4n) is 2.09. The van der Waals surface area contributed by atoms with Gasteiger partial charge in [0.15, 0.2) is 0 Å². The number of sulfonamides is 1. The smallest absolute Gasteiger partial charge is 0.242 e. The zero-order valence-corrected chi connectivity index (χ0v) is 14.7. The lowest BCUT2D eigenvalue weighted by Gasteiger charge is -2.13. The second-order valence-electron chi connectivity index (χ2n) is 6.02. The maximum atomic E-state index is 12.5. The van der Waals surface area contributed by atoms with Gasteiger partial charge in [-0.1, -0.05) is 44.0 Å². The summed E-state index contributed by atoms with van der Waals surface area (Å²) in [5.41, 5.74) is 0.733. The van der Waals surface area contributed by atoms with E-state index in [0.29, 0.717) is 11.6 Å². The van der Waals surface area contributed by atoms with Gasteiger partial charge in [-0.3, -0.25) is 0 Å². The van der Waals surface area contributed by atoms with Crippen molar-refractivity contribution in [1.29, 1.82) is 0 Å². The van der Waals surface area contributed by atoms with E-state index in [4.69, 9.17) is 23.2 Å². The van der Waals surface area contributed by atoms with Gasteiger partial charge in [0, 0.05) is 17.6 Å². The SMILES string of the molecule is CCNCc1cc(S(=O)(=O)NC2CC2(C)C)c(Cl)cc1Cl. The maximum absolute atomic E-state index is 12.5. The Labute approximate surface area is 136 Å². The standard InChI is InChI=1S/C14H20Cl2N2O2S/c1-4-17-8-9-5-12(11(16)6-10(9)15)21(19,20)18-13-7-14(13,2)3/h5-6,13,17-18H,4,7-8H2,1-3H3. The number of hydrogen-bond donors (Lipinski definition) is 2. The van der Waals surface area contributed by atoms with E-state index < -0.39 is 10.0 Å². The van der Waals surface area contributed by atoms with Crippen LogP contribution in [0.5, 0.6) is 0 Å². The Bertz CT molecular complexity index is 645. The van der Waals surface area contributed by atoms with Crippen LogP contribution in [0.2, 0.25) is 10.0 Å². The lowest BCUT2D eigenvalue weighted by molar-refractivity contribution is 0.555. The number of hydrogen-bond acceptors (Lipinski definition) is 3. The molecule has 1 saturated carbocycles. The van der Waals surface area contributed by atoms with Crippen molar-refractivity contribution in [3.8, 4) is 0 Å². The van der Waals surface area contributed by atoms with Gasteiger partial charge in [0.25, 0.3) is 0 Å². The van der Waals surface area contributed by atoms with Gasteiger partial charge in [0.05, 0.1) is 5.02 Å². The monoisotopic (exact) mass is 350 g/mol. The van der Waals surface area contributed by atoms with Crippen LogP contribution in [0.4, 0.5) is 0 Å². The fourth-order valence-corrected chi connectivity index (χ4v) is 4.36. The minimum absolute atomic E-state index is 0.0125. The average Bonchev–Trinajstić information content (AvgIpc) is 2.93. The van der Waals surface area contributed by atoms with Gasteiger partial charge < -0.3 is 5.32 Å². The molecule has 0 heterocycles. The molecule has 118 valence electrons. The highest BCUT2D eigenvalue weighted by Crippen LogP contribution is 2.45. The molecular weight excluding hydrogens is 331 g/mol. The first-order valence-corrected chi connectivity index (χ1v) is 9.12. The molecule has 0 bridgehead atoms. The minimum Gasteiger partial charge on any atom is -0.313 e. The van der Waals surface area contributed by atoms with Gasteiger partial charge in [0.2, 0.25) is 10.0 Å². The highest BCUT2D eigenvalue weighted by Gasteiger charge is 2.48. The van der Waals surface area contributed by atoms with Crippen LogP contribution in [-0.2, 0) is 16.6 Å². The Kier molecular flexibility index (Phi) is 4.90. The molecule has 0 radical (unpaired) electrons. The topological polar surface area (TPSA) is 58.2 Å². The van der Waals surface area contributed by atoms with Gasteiger partial charge in [-0.2, -0.15) is 0 Å². The Balaban J connectivity index is 2.29. The largest absolute Gasteiger partial charge is 0.313 e. The Morgan fingerprint density at radius 3 is 2.43 bits per heavy atom. The second kappa shape index (κ2) is 6.05. The zero-order valence-electron chi connectivity index (χ0n) is 12.3. The Morgan fingerprint density at radius 2 is 1.90 bits per heavy atom. The molecule has 0 saturated heterocycles. The van der Waals surface area contributed by atoms with E-state index in [2.05, 4.69) is 10.0 Å². The summed E-state index contributed by atoms with van der Waals surface area (Å²) in [7, 11) is -3.63. The summed E-state index contributed by atoms with van der Waals surface area (Å²) in [5, 5.41) is 3.74. The third-order valence-electron chi connectivity index (χ3n) is 3.77. The predicted molar refractivity (Wildman–Crippen MR) is 86.4 cm³/mol. The molecule has 1 aromatic rings. The molecule has 0 amide bonds. The van der Waals surface area contributed by atoms with Crippen LogP contribution in [0.25, 0.3) is 0 Å². The van der Waals surface area contributed by atoms with Crippen molar-refractivity contribution in [3.05, 3.63) is 27.7 Å². The van der Waals surface area contributed by atoms with Crippen molar-refractivity contribution in [3.63, 3.8) is 0 Å². The van der Waals surface area contributed by atoms with Crippen molar-refractivity contribution in [1.82, 2.24) is 10.0 Å². The van der Waals surface area contributed by atoms with Gasteiger partial charge in [0.1, 0.15) is 4.90 Å². The van der Waals surface area contributed by atoms with E-state index in [1.807, 2.05) is 20.8 Å². The molecule has 2 rings (SSSR count). The summed E-state index contributed by atoms with van der Waals surface area (Å²) in [6.07, 6.45) is 0.835. The summed E-state index contributed by atoms with van der Waals surface area (Å²) in [4.78, 5) is 0.0872. The lowest BCUT2D eigenvalue weighted by atomic mass is 10.2. The lowest BCUT2D eigenvalue weighted by Crippen LogP contribution is -2.29. The van der Waals surface area contributed by atoms with Crippen LogP contribution in [-0.4, -0.2) is 21.0 Å².